The molecule has 7 heteroatoms. The maximum Gasteiger partial charge on any atom is 0.274 e. The lowest BCUT2D eigenvalue weighted by Crippen LogP contribution is -2.50. The van der Waals surface area contributed by atoms with Crippen LogP contribution in [-0.4, -0.2) is 50.5 Å². The van der Waals surface area contributed by atoms with Gasteiger partial charge in [-0.05, 0) is 32.6 Å². The van der Waals surface area contributed by atoms with Crippen LogP contribution >= 0.6 is 0 Å². The van der Waals surface area contributed by atoms with Crippen molar-refractivity contribution in [3.63, 3.8) is 0 Å². The van der Waals surface area contributed by atoms with Crippen molar-refractivity contribution in [1.82, 2.24) is 24.9 Å². The van der Waals surface area contributed by atoms with E-state index in [2.05, 4.69) is 15.3 Å². The lowest BCUT2D eigenvalue weighted by Gasteiger charge is -2.40. The molecule has 24 heavy (non-hydrogen) atoms. The van der Waals surface area contributed by atoms with Crippen molar-refractivity contribution >= 4 is 5.91 Å². The fourth-order valence-corrected chi connectivity index (χ4v) is 3.72. The molecule has 2 aromatic rings. The highest BCUT2D eigenvalue weighted by molar-refractivity contribution is 5.94. The molecule has 0 saturated carbocycles. The zero-order chi connectivity index (χ0) is 16.7. The summed E-state index contributed by atoms with van der Waals surface area (Å²) < 4.78 is 7.76. The van der Waals surface area contributed by atoms with Crippen LogP contribution in [0.2, 0.25) is 0 Å². The molecule has 1 fully saturated rings. The summed E-state index contributed by atoms with van der Waals surface area (Å²) in [5, 5.41) is 11.6. The van der Waals surface area contributed by atoms with Crippen molar-refractivity contribution in [1.29, 1.82) is 0 Å². The predicted octanol–water partition coefficient (Wildman–Crippen LogP) is 1.41. The zero-order valence-electron chi connectivity index (χ0n) is 14.2. The van der Waals surface area contributed by atoms with E-state index in [0.717, 1.165) is 36.1 Å². The number of nitrogens with one attached hydrogen (secondary N) is 1. The van der Waals surface area contributed by atoms with Gasteiger partial charge in [-0.3, -0.25) is 14.6 Å². The number of amides is 1. The summed E-state index contributed by atoms with van der Waals surface area (Å²) >= 11 is 0. The second-order valence-corrected chi connectivity index (χ2v) is 6.95. The van der Waals surface area contributed by atoms with E-state index in [9.17, 15) is 4.79 Å². The van der Waals surface area contributed by atoms with Crippen LogP contribution in [0, 0.1) is 0 Å². The van der Waals surface area contributed by atoms with Gasteiger partial charge in [-0.15, -0.1) is 0 Å². The standard InChI is InChI=1S/C17H23N5O2/c1-17(12-9-18-21(2)10-12)11-22(7-8-24-17)16(23)15-13-5-3-4-6-14(13)19-20-15/h9-10H,3-8,11H2,1-2H3,(H,19,20). The average Bonchev–Trinajstić information content (AvgIpc) is 3.21. The topological polar surface area (TPSA) is 76.0 Å². The number of rotatable bonds is 2. The molecule has 1 saturated heterocycles. The third kappa shape index (κ3) is 2.53. The molecular formula is C17H23N5O2. The highest BCUT2D eigenvalue weighted by atomic mass is 16.5. The molecule has 1 amide bonds. The Hall–Kier alpha value is -2.15. The number of ether oxygens (including phenoxy) is 1. The fourth-order valence-electron chi connectivity index (χ4n) is 3.72. The zero-order valence-corrected chi connectivity index (χ0v) is 14.2. The van der Waals surface area contributed by atoms with E-state index in [1.165, 1.54) is 6.42 Å². The summed E-state index contributed by atoms with van der Waals surface area (Å²) in [6.07, 6.45) is 7.99. The lowest BCUT2D eigenvalue weighted by atomic mass is 9.94. The molecule has 1 aliphatic carbocycles. The number of H-pyrrole nitrogens is 1. The molecule has 1 aliphatic heterocycles. The summed E-state index contributed by atoms with van der Waals surface area (Å²) in [5.41, 5.74) is 3.30. The van der Waals surface area contributed by atoms with E-state index in [0.29, 0.717) is 25.4 Å². The van der Waals surface area contributed by atoms with Crippen LogP contribution in [0.3, 0.4) is 0 Å². The van der Waals surface area contributed by atoms with Gasteiger partial charge in [0.2, 0.25) is 0 Å². The number of morpholine rings is 1. The van der Waals surface area contributed by atoms with Crippen molar-refractivity contribution < 1.29 is 9.53 Å². The van der Waals surface area contributed by atoms with Crippen LogP contribution < -0.4 is 0 Å². The van der Waals surface area contributed by atoms with Gasteiger partial charge in [0.05, 0.1) is 19.3 Å². The van der Waals surface area contributed by atoms with Crippen LogP contribution in [0.5, 0.6) is 0 Å². The van der Waals surface area contributed by atoms with Crippen LogP contribution in [0.4, 0.5) is 0 Å². The van der Waals surface area contributed by atoms with Crippen molar-refractivity contribution in [3.05, 3.63) is 34.9 Å². The first kappa shape index (κ1) is 15.4. The van der Waals surface area contributed by atoms with Gasteiger partial charge in [0.1, 0.15) is 5.60 Å². The Balaban J connectivity index is 1.58. The predicted molar refractivity (Wildman–Crippen MR) is 87.6 cm³/mol. The van der Waals surface area contributed by atoms with Crippen molar-refractivity contribution in [2.75, 3.05) is 19.7 Å². The van der Waals surface area contributed by atoms with E-state index in [-0.39, 0.29) is 5.91 Å². The van der Waals surface area contributed by atoms with E-state index in [1.807, 2.05) is 31.3 Å². The lowest BCUT2D eigenvalue weighted by molar-refractivity contribution is -0.0932. The molecule has 1 unspecified atom stereocenters. The number of carbonyl (C=O) groups is 1. The molecule has 0 aromatic carbocycles. The number of hydrogen-bond donors (Lipinski definition) is 1. The van der Waals surface area contributed by atoms with Crippen LogP contribution in [0.1, 0.15) is 47.1 Å². The second-order valence-electron chi connectivity index (χ2n) is 6.95. The molecule has 128 valence electrons. The Labute approximate surface area is 141 Å². The number of fused-ring (bicyclic) bond motifs is 1. The molecular weight excluding hydrogens is 306 g/mol. The molecule has 2 aliphatic rings. The number of hydrogen-bond acceptors (Lipinski definition) is 4. The normalized spacial score (nSPS) is 24.0. The molecule has 1 atom stereocenters. The number of carbonyl (C=O) groups excluding carboxylic acids is 1. The Morgan fingerprint density at radius 1 is 1.38 bits per heavy atom. The van der Waals surface area contributed by atoms with Gasteiger partial charge < -0.3 is 9.64 Å². The van der Waals surface area contributed by atoms with E-state index in [4.69, 9.17) is 4.74 Å². The van der Waals surface area contributed by atoms with Gasteiger partial charge in [0.15, 0.2) is 5.69 Å². The first-order chi connectivity index (χ1) is 11.6. The van der Waals surface area contributed by atoms with Crippen molar-refractivity contribution in [2.24, 2.45) is 7.05 Å². The summed E-state index contributed by atoms with van der Waals surface area (Å²) in [4.78, 5) is 14.9. The molecule has 2 aromatic heterocycles. The minimum atomic E-state index is -0.529. The number of aromatic nitrogens is 4. The van der Waals surface area contributed by atoms with E-state index in [1.54, 1.807) is 4.68 Å². The summed E-state index contributed by atoms with van der Waals surface area (Å²) in [6.45, 7) is 3.64. The highest BCUT2D eigenvalue weighted by Gasteiger charge is 2.38. The molecule has 7 nitrogen and oxygen atoms in total. The van der Waals surface area contributed by atoms with Crippen LogP contribution in [0.15, 0.2) is 12.4 Å². The van der Waals surface area contributed by atoms with Gasteiger partial charge >= 0.3 is 0 Å². The first-order valence-electron chi connectivity index (χ1n) is 8.55. The summed E-state index contributed by atoms with van der Waals surface area (Å²) in [5.74, 6) is 0.00724. The Kier molecular flexibility index (Phi) is 3.68. The van der Waals surface area contributed by atoms with Gasteiger partial charge in [-0.25, -0.2) is 0 Å². The number of nitrogens with zero attached hydrogens (tertiary/aromatic N) is 4. The Morgan fingerprint density at radius 3 is 3.00 bits per heavy atom. The Morgan fingerprint density at radius 2 is 2.21 bits per heavy atom. The molecule has 0 bridgehead atoms. The van der Waals surface area contributed by atoms with Gasteiger partial charge in [0.25, 0.3) is 5.91 Å². The maximum absolute atomic E-state index is 13.0. The summed E-state index contributed by atoms with van der Waals surface area (Å²) in [6, 6.07) is 0. The summed E-state index contributed by atoms with van der Waals surface area (Å²) in [7, 11) is 1.88. The van der Waals surface area contributed by atoms with Gasteiger partial charge in [0, 0.05) is 36.6 Å². The quantitative estimate of drug-likeness (QED) is 0.904. The van der Waals surface area contributed by atoms with Gasteiger partial charge in [-0.2, -0.15) is 10.2 Å². The maximum atomic E-state index is 13.0. The van der Waals surface area contributed by atoms with Gasteiger partial charge in [-0.1, -0.05) is 0 Å². The first-order valence-corrected chi connectivity index (χ1v) is 8.55. The number of aryl methyl sites for hydroxylation is 2. The monoisotopic (exact) mass is 329 g/mol. The largest absolute Gasteiger partial charge is 0.367 e. The van der Waals surface area contributed by atoms with E-state index < -0.39 is 5.60 Å². The molecule has 0 radical (unpaired) electrons. The average molecular weight is 329 g/mol. The van der Waals surface area contributed by atoms with Crippen LogP contribution in [0.25, 0.3) is 0 Å². The molecule has 4 rings (SSSR count). The smallest absolute Gasteiger partial charge is 0.274 e. The molecule has 0 spiro atoms. The van der Waals surface area contributed by atoms with E-state index >= 15 is 0 Å². The third-order valence-electron chi connectivity index (χ3n) is 5.14. The third-order valence-corrected chi connectivity index (χ3v) is 5.14. The van der Waals surface area contributed by atoms with Crippen LogP contribution in [-0.2, 0) is 30.2 Å². The molecule has 3 heterocycles. The highest BCUT2D eigenvalue weighted by Crippen LogP contribution is 2.30. The molecule has 1 N–H and O–H groups in total. The van der Waals surface area contributed by atoms with Crippen molar-refractivity contribution in [3.8, 4) is 0 Å². The Bertz CT molecular complexity index is 765. The number of aromatic amines is 1. The minimum Gasteiger partial charge on any atom is -0.367 e. The minimum absolute atomic E-state index is 0.00724. The second kappa shape index (κ2) is 5.73. The SMILES string of the molecule is Cn1cc(C2(C)CN(C(=O)c3n[nH]c4c3CCCC4)CCO2)cn1. The van der Waals surface area contributed by atoms with Crippen molar-refractivity contribution in [2.45, 2.75) is 38.2 Å². The fraction of sp³-hybridized carbons (Fsp3) is 0.588.